The van der Waals surface area contributed by atoms with Gasteiger partial charge in [-0.25, -0.2) is 5.21 Å². The number of nitrogens with zero attached hydrogens (tertiary/aromatic N) is 1. The van der Waals surface area contributed by atoms with Gasteiger partial charge in [0.1, 0.15) is 14.1 Å². The molecule has 1 atom stereocenters. The molecule has 0 aliphatic heterocycles. The highest BCUT2D eigenvalue weighted by molar-refractivity contribution is 5.76. The van der Waals surface area contributed by atoms with Crippen LogP contribution in [0, 0.1) is 0 Å². The molecule has 1 unspecified atom stereocenters. The van der Waals surface area contributed by atoms with Gasteiger partial charge < -0.3 is 5.32 Å². The van der Waals surface area contributed by atoms with E-state index in [1.54, 1.807) is 14.1 Å². The smallest absolute Gasteiger partial charge is 0.224 e. The molecule has 0 rings (SSSR count). The van der Waals surface area contributed by atoms with E-state index >= 15 is 0 Å². The Bertz CT molecular complexity index is 461. The lowest BCUT2D eigenvalue weighted by molar-refractivity contribution is -1.11. The van der Waals surface area contributed by atoms with E-state index in [1.165, 1.54) is 109 Å². The van der Waals surface area contributed by atoms with Crippen LogP contribution in [0.25, 0.3) is 0 Å². The van der Waals surface area contributed by atoms with Gasteiger partial charge in [0.15, 0.2) is 0 Å². The van der Waals surface area contributed by atoms with Gasteiger partial charge in [0, 0.05) is 19.3 Å². The zero-order chi connectivity index (χ0) is 25.5. The summed E-state index contributed by atoms with van der Waals surface area (Å²) in [6.07, 6.45) is 28.9. The van der Waals surface area contributed by atoms with Crippen LogP contribution in [0.5, 0.6) is 0 Å². The molecule has 34 heavy (non-hydrogen) atoms. The summed E-state index contributed by atoms with van der Waals surface area (Å²) in [4.78, 5) is 12.5. The molecule has 2 N–H and O–H groups in total. The maximum Gasteiger partial charge on any atom is 0.224 e. The van der Waals surface area contributed by atoms with E-state index in [0.29, 0.717) is 6.42 Å². The summed E-state index contributed by atoms with van der Waals surface area (Å²) in [6.45, 7) is 6.43. The molecule has 0 heterocycles. The minimum atomic E-state index is -0.570. The van der Waals surface area contributed by atoms with Gasteiger partial charge in [-0.2, -0.15) is 4.65 Å². The summed E-state index contributed by atoms with van der Waals surface area (Å²) in [7, 11) is 3.52. The third-order valence-electron chi connectivity index (χ3n) is 7.68. The average Bonchev–Trinajstić information content (AvgIpc) is 2.79. The highest BCUT2D eigenvalue weighted by atomic mass is 16.5. The zero-order valence-electron chi connectivity index (χ0n) is 24.1. The van der Waals surface area contributed by atoms with E-state index in [-0.39, 0.29) is 10.6 Å². The monoisotopic (exact) mass is 483 g/mol. The molecule has 4 nitrogen and oxygen atoms in total. The van der Waals surface area contributed by atoms with E-state index in [1.807, 2.05) is 6.92 Å². The Morgan fingerprint density at radius 3 is 1.26 bits per heavy atom. The summed E-state index contributed by atoms with van der Waals surface area (Å²) in [5.41, 5.74) is -0.570. The van der Waals surface area contributed by atoms with Gasteiger partial charge in [-0.15, -0.1) is 0 Å². The normalized spacial score (nSPS) is 13.7. The molecule has 0 radical (unpaired) electrons. The number of carbonyl (C=O) groups is 1. The lowest BCUT2D eigenvalue weighted by Gasteiger charge is -2.42. The fourth-order valence-electron chi connectivity index (χ4n) is 5.22. The molecule has 0 spiro atoms. The summed E-state index contributed by atoms with van der Waals surface area (Å²) in [5.74, 6) is 0.0857. The van der Waals surface area contributed by atoms with Crippen molar-refractivity contribution in [1.82, 2.24) is 5.32 Å². The molecule has 0 saturated carbocycles. The van der Waals surface area contributed by atoms with Crippen LogP contribution in [0.2, 0.25) is 0 Å². The van der Waals surface area contributed by atoms with Gasteiger partial charge in [0.25, 0.3) is 0 Å². The van der Waals surface area contributed by atoms with Crippen molar-refractivity contribution < 1.29 is 14.6 Å². The Hall–Kier alpha value is -0.610. The van der Waals surface area contributed by atoms with Crippen LogP contribution in [0.3, 0.4) is 0 Å². The summed E-state index contributed by atoms with van der Waals surface area (Å²) in [6, 6.07) is 0. The number of unbranched alkanes of at least 4 members (excludes halogenated alkanes) is 18. The number of quaternary nitrogens is 1. The molecule has 1 amide bonds. The van der Waals surface area contributed by atoms with Crippen molar-refractivity contribution in [2.75, 3.05) is 14.1 Å². The van der Waals surface area contributed by atoms with E-state index in [4.69, 9.17) is 0 Å². The zero-order valence-corrected chi connectivity index (χ0v) is 24.1. The van der Waals surface area contributed by atoms with Crippen LogP contribution in [0.4, 0.5) is 0 Å². The third-order valence-corrected chi connectivity index (χ3v) is 7.68. The molecular formula is C30H63N2O2+. The quantitative estimate of drug-likeness (QED) is 0.0588. The average molecular weight is 484 g/mol. The number of amides is 1. The number of hydroxylamine groups is 3. The van der Waals surface area contributed by atoms with Gasteiger partial charge in [-0.05, 0) is 12.8 Å². The standard InChI is InChI=1S/C30H62N2O2/c1-6-9-10-11-12-13-14-15-16-17-18-19-20-21-22-23-24-25-26-27-29(33)31-30(8-3,28-7-2)32(4,5)34/h34H,6-28H2,1-5H3/p+1. The summed E-state index contributed by atoms with van der Waals surface area (Å²) in [5, 5.41) is 13.7. The number of rotatable bonds is 25. The fourth-order valence-corrected chi connectivity index (χ4v) is 5.22. The van der Waals surface area contributed by atoms with Gasteiger partial charge in [-0.1, -0.05) is 136 Å². The molecule has 4 heteroatoms. The van der Waals surface area contributed by atoms with E-state index in [0.717, 1.165) is 32.1 Å². The molecule has 0 aromatic rings. The first-order valence-corrected chi connectivity index (χ1v) is 15.2. The Morgan fingerprint density at radius 1 is 0.618 bits per heavy atom. The molecule has 0 bridgehead atoms. The molecule has 0 aliphatic rings. The fraction of sp³-hybridized carbons (Fsp3) is 0.967. The van der Waals surface area contributed by atoms with Crippen molar-refractivity contribution in [3.8, 4) is 0 Å². The van der Waals surface area contributed by atoms with E-state index < -0.39 is 5.66 Å². The van der Waals surface area contributed by atoms with Crippen LogP contribution < -0.4 is 5.32 Å². The second-order valence-corrected chi connectivity index (χ2v) is 11.2. The third kappa shape index (κ3) is 16.9. The summed E-state index contributed by atoms with van der Waals surface area (Å²) >= 11 is 0. The first kappa shape index (κ1) is 33.4. The van der Waals surface area contributed by atoms with Crippen molar-refractivity contribution in [3.05, 3.63) is 0 Å². The lowest BCUT2D eigenvalue weighted by atomic mass is 9.98. The first-order chi connectivity index (χ1) is 16.3. The van der Waals surface area contributed by atoms with Gasteiger partial charge >= 0.3 is 0 Å². The SMILES string of the molecule is CCCCCCCCCCCCCCCCCCCCCC(=O)NC(CC)(CCC)[N+](C)(C)O. The number of nitrogens with one attached hydrogen (secondary N) is 1. The van der Waals surface area contributed by atoms with Crippen molar-refractivity contribution in [2.45, 2.75) is 174 Å². The number of carbonyl (C=O) groups excluding carboxylic acids is 1. The first-order valence-electron chi connectivity index (χ1n) is 15.2. The molecule has 0 aromatic heterocycles. The molecule has 0 saturated heterocycles. The van der Waals surface area contributed by atoms with Crippen LogP contribution in [-0.2, 0) is 4.79 Å². The highest BCUT2D eigenvalue weighted by Crippen LogP contribution is 2.25. The van der Waals surface area contributed by atoms with E-state index in [2.05, 4.69) is 19.2 Å². The minimum Gasteiger partial charge on any atom is -0.302 e. The molecule has 0 fully saturated rings. The molecule has 0 aromatic carbocycles. The topological polar surface area (TPSA) is 49.3 Å². The maximum atomic E-state index is 12.5. The number of hydrogen-bond donors (Lipinski definition) is 2. The van der Waals surface area contributed by atoms with Crippen LogP contribution in [-0.4, -0.2) is 35.5 Å². The second kappa shape index (κ2) is 21.7. The van der Waals surface area contributed by atoms with Crippen molar-refractivity contribution in [2.24, 2.45) is 0 Å². The van der Waals surface area contributed by atoms with Crippen LogP contribution in [0.15, 0.2) is 0 Å². The Morgan fingerprint density at radius 2 is 0.971 bits per heavy atom. The van der Waals surface area contributed by atoms with Crippen LogP contribution in [0.1, 0.15) is 168 Å². The van der Waals surface area contributed by atoms with Crippen molar-refractivity contribution >= 4 is 5.91 Å². The van der Waals surface area contributed by atoms with Gasteiger partial charge in [0.05, 0.1) is 0 Å². The minimum absolute atomic E-state index is 0.0857. The Balaban J connectivity index is 3.53. The predicted molar refractivity (Wildman–Crippen MR) is 148 cm³/mol. The largest absolute Gasteiger partial charge is 0.302 e. The van der Waals surface area contributed by atoms with Crippen molar-refractivity contribution in [1.29, 1.82) is 0 Å². The molecule has 204 valence electrons. The Kier molecular flexibility index (Phi) is 21.3. The van der Waals surface area contributed by atoms with Crippen molar-refractivity contribution in [3.63, 3.8) is 0 Å². The highest BCUT2D eigenvalue weighted by Gasteiger charge is 2.44. The maximum absolute atomic E-state index is 12.5. The van der Waals surface area contributed by atoms with E-state index in [9.17, 15) is 10.0 Å². The Labute approximate surface area is 214 Å². The summed E-state index contributed by atoms with van der Waals surface area (Å²) < 4.78 is -0.206. The predicted octanol–water partition coefficient (Wildman–Crippen LogP) is 9.30. The number of hydrogen-bond acceptors (Lipinski definition) is 2. The van der Waals surface area contributed by atoms with Gasteiger partial charge in [-0.3, -0.25) is 4.79 Å². The van der Waals surface area contributed by atoms with Gasteiger partial charge in [0.2, 0.25) is 11.6 Å². The second-order valence-electron chi connectivity index (χ2n) is 11.2. The lowest BCUT2D eigenvalue weighted by Crippen LogP contribution is -2.66. The molecular weight excluding hydrogens is 420 g/mol. The molecule has 0 aliphatic carbocycles. The van der Waals surface area contributed by atoms with Crippen LogP contribution >= 0.6 is 0 Å².